The monoisotopic (exact) mass is 419 g/mol. The van der Waals surface area contributed by atoms with E-state index in [1.54, 1.807) is 12.1 Å². The van der Waals surface area contributed by atoms with Gasteiger partial charge in [-0.3, -0.25) is 14.3 Å². The zero-order valence-electron chi connectivity index (χ0n) is 16.8. The number of anilines is 2. The standard InChI is InChI=1S/C20H25N3O5S/c1-13-5-7-15(8-6-13)17(21-14(2)24)12-20(25)22-16-9-10-19(28-3)18(11-16)23-29(4,26)27/h5-11,17,23H,12H2,1-4H3,(H,21,24)(H,22,25). The van der Waals surface area contributed by atoms with Crippen LogP contribution in [0.5, 0.6) is 5.75 Å². The van der Waals surface area contributed by atoms with E-state index in [9.17, 15) is 18.0 Å². The summed E-state index contributed by atoms with van der Waals surface area (Å²) in [5.41, 5.74) is 2.50. The predicted octanol–water partition coefficient (Wildman–Crippen LogP) is 2.58. The molecule has 0 bridgehead atoms. The summed E-state index contributed by atoms with van der Waals surface area (Å²) in [5, 5.41) is 5.51. The lowest BCUT2D eigenvalue weighted by Crippen LogP contribution is -2.29. The molecule has 29 heavy (non-hydrogen) atoms. The van der Waals surface area contributed by atoms with E-state index in [2.05, 4.69) is 15.4 Å². The maximum atomic E-state index is 12.6. The average Bonchev–Trinajstić information content (AvgIpc) is 2.60. The number of ether oxygens (including phenoxy) is 1. The van der Waals surface area contributed by atoms with E-state index in [0.29, 0.717) is 11.4 Å². The van der Waals surface area contributed by atoms with Crippen molar-refractivity contribution in [2.45, 2.75) is 26.3 Å². The second-order valence-corrected chi connectivity index (χ2v) is 8.45. The molecule has 0 saturated heterocycles. The first kappa shape index (κ1) is 22.2. The van der Waals surface area contributed by atoms with Crippen LogP contribution in [0.3, 0.4) is 0 Å². The minimum Gasteiger partial charge on any atom is -0.495 e. The van der Waals surface area contributed by atoms with Gasteiger partial charge in [-0.05, 0) is 30.7 Å². The molecule has 1 unspecified atom stereocenters. The molecule has 9 heteroatoms. The number of carbonyl (C=O) groups is 2. The summed E-state index contributed by atoms with van der Waals surface area (Å²) in [6.45, 7) is 3.35. The van der Waals surface area contributed by atoms with Crippen molar-refractivity contribution in [1.29, 1.82) is 0 Å². The van der Waals surface area contributed by atoms with Crippen LogP contribution in [0.25, 0.3) is 0 Å². The normalized spacial score (nSPS) is 12.0. The number of aryl methyl sites for hydroxylation is 1. The lowest BCUT2D eigenvalue weighted by molar-refractivity contribution is -0.120. The van der Waals surface area contributed by atoms with E-state index < -0.39 is 16.1 Å². The molecule has 0 aromatic heterocycles. The minimum atomic E-state index is -3.52. The third-order valence-corrected chi connectivity index (χ3v) is 4.62. The number of rotatable bonds is 8. The van der Waals surface area contributed by atoms with Crippen molar-refractivity contribution < 1.29 is 22.7 Å². The first-order valence-corrected chi connectivity index (χ1v) is 10.8. The Kier molecular flexibility index (Phi) is 7.22. The van der Waals surface area contributed by atoms with Gasteiger partial charge in [-0.2, -0.15) is 0 Å². The van der Waals surface area contributed by atoms with Crippen LogP contribution in [0.15, 0.2) is 42.5 Å². The molecule has 0 aliphatic heterocycles. The van der Waals surface area contributed by atoms with Crippen molar-refractivity contribution in [3.05, 3.63) is 53.6 Å². The number of sulfonamides is 1. The molecule has 8 nitrogen and oxygen atoms in total. The Morgan fingerprint density at radius 3 is 2.31 bits per heavy atom. The maximum Gasteiger partial charge on any atom is 0.229 e. The molecule has 156 valence electrons. The summed E-state index contributed by atoms with van der Waals surface area (Å²) in [7, 11) is -2.10. The van der Waals surface area contributed by atoms with Gasteiger partial charge in [0.1, 0.15) is 5.75 Å². The molecule has 2 aromatic rings. The Morgan fingerprint density at radius 1 is 1.10 bits per heavy atom. The predicted molar refractivity (Wildman–Crippen MR) is 112 cm³/mol. The third kappa shape index (κ3) is 7.11. The van der Waals surface area contributed by atoms with Gasteiger partial charge in [0.05, 0.1) is 31.5 Å². The van der Waals surface area contributed by atoms with Crippen LogP contribution in [-0.2, 0) is 19.6 Å². The molecule has 2 amide bonds. The lowest BCUT2D eigenvalue weighted by atomic mass is 10.0. The molecule has 0 fully saturated rings. The quantitative estimate of drug-likeness (QED) is 0.609. The highest BCUT2D eigenvalue weighted by atomic mass is 32.2. The van der Waals surface area contributed by atoms with E-state index in [1.807, 2.05) is 31.2 Å². The van der Waals surface area contributed by atoms with Crippen LogP contribution in [0, 0.1) is 6.92 Å². The molecule has 1 atom stereocenters. The molecule has 2 rings (SSSR count). The molecular weight excluding hydrogens is 394 g/mol. The van der Waals surface area contributed by atoms with Crippen molar-refractivity contribution in [3.8, 4) is 5.75 Å². The molecule has 0 spiro atoms. The molecule has 0 radical (unpaired) electrons. The number of benzene rings is 2. The molecule has 0 saturated carbocycles. The van der Waals surface area contributed by atoms with Crippen molar-refractivity contribution in [2.24, 2.45) is 0 Å². The number of hydrogen-bond acceptors (Lipinski definition) is 5. The largest absolute Gasteiger partial charge is 0.495 e. The SMILES string of the molecule is COc1ccc(NC(=O)CC(NC(C)=O)c2ccc(C)cc2)cc1NS(C)(=O)=O. The van der Waals surface area contributed by atoms with Crippen LogP contribution in [0.2, 0.25) is 0 Å². The average molecular weight is 420 g/mol. The van der Waals surface area contributed by atoms with Crippen LogP contribution < -0.4 is 20.1 Å². The van der Waals surface area contributed by atoms with Crippen LogP contribution in [0.1, 0.15) is 30.5 Å². The van der Waals surface area contributed by atoms with E-state index in [1.165, 1.54) is 20.1 Å². The van der Waals surface area contributed by atoms with Gasteiger partial charge >= 0.3 is 0 Å². The highest BCUT2D eigenvalue weighted by Gasteiger charge is 2.18. The molecule has 2 aromatic carbocycles. The Bertz CT molecular complexity index is 988. The highest BCUT2D eigenvalue weighted by Crippen LogP contribution is 2.29. The summed E-state index contributed by atoms with van der Waals surface area (Å²) >= 11 is 0. The zero-order valence-corrected chi connectivity index (χ0v) is 17.6. The molecule has 0 heterocycles. The summed E-state index contributed by atoms with van der Waals surface area (Å²) in [4.78, 5) is 24.1. The van der Waals surface area contributed by atoms with Gasteiger partial charge in [-0.25, -0.2) is 8.42 Å². The zero-order chi connectivity index (χ0) is 21.6. The Hall–Kier alpha value is -3.07. The smallest absolute Gasteiger partial charge is 0.229 e. The number of hydrogen-bond donors (Lipinski definition) is 3. The molecular formula is C20H25N3O5S. The van der Waals surface area contributed by atoms with E-state index in [0.717, 1.165) is 17.4 Å². The lowest BCUT2D eigenvalue weighted by Gasteiger charge is -2.19. The Balaban J connectivity index is 2.17. The topological polar surface area (TPSA) is 114 Å². The number of methoxy groups -OCH3 is 1. The van der Waals surface area contributed by atoms with Crippen LogP contribution in [-0.4, -0.2) is 33.6 Å². The fourth-order valence-electron chi connectivity index (χ4n) is 2.76. The van der Waals surface area contributed by atoms with Crippen molar-refractivity contribution in [2.75, 3.05) is 23.4 Å². The van der Waals surface area contributed by atoms with E-state index >= 15 is 0 Å². The fourth-order valence-corrected chi connectivity index (χ4v) is 3.32. The van der Waals surface area contributed by atoms with Gasteiger partial charge in [-0.1, -0.05) is 29.8 Å². The summed E-state index contributed by atoms with van der Waals surface area (Å²) < 4.78 is 30.6. The molecule has 0 aliphatic rings. The van der Waals surface area contributed by atoms with Gasteiger partial charge in [0.15, 0.2) is 0 Å². The highest BCUT2D eigenvalue weighted by molar-refractivity contribution is 7.92. The Labute approximate surface area is 170 Å². The van der Waals surface area contributed by atoms with Gasteiger partial charge < -0.3 is 15.4 Å². The Morgan fingerprint density at radius 2 is 1.76 bits per heavy atom. The van der Waals surface area contributed by atoms with Gasteiger partial charge in [0, 0.05) is 12.6 Å². The van der Waals surface area contributed by atoms with Gasteiger partial charge in [0.2, 0.25) is 21.8 Å². The fraction of sp³-hybridized carbons (Fsp3) is 0.300. The third-order valence-electron chi connectivity index (χ3n) is 4.03. The van der Waals surface area contributed by atoms with E-state index in [4.69, 9.17) is 4.74 Å². The van der Waals surface area contributed by atoms with Crippen LogP contribution in [0.4, 0.5) is 11.4 Å². The number of amides is 2. The van der Waals surface area contributed by atoms with Crippen LogP contribution >= 0.6 is 0 Å². The minimum absolute atomic E-state index is 0.0174. The maximum absolute atomic E-state index is 12.6. The second-order valence-electron chi connectivity index (χ2n) is 6.71. The molecule has 0 aliphatic carbocycles. The molecule has 3 N–H and O–H groups in total. The van der Waals surface area contributed by atoms with Gasteiger partial charge in [-0.15, -0.1) is 0 Å². The van der Waals surface area contributed by atoms with Crippen molar-refractivity contribution >= 4 is 33.2 Å². The summed E-state index contributed by atoms with van der Waals surface area (Å²) in [6.07, 6.45) is 1.04. The van der Waals surface area contributed by atoms with Crippen molar-refractivity contribution in [3.63, 3.8) is 0 Å². The number of nitrogens with one attached hydrogen (secondary N) is 3. The first-order chi connectivity index (χ1) is 13.6. The first-order valence-electron chi connectivity index (χ1n) is 8.86. The summed E-state index contributed by atoms with van der Waals surface area (Å²) in [5.74, 6) is -0.253. The van der Waals surface area contributed by atoms with Gasteiger partial charge in [0.25, 0.3) is 0 Å². The van der Waals surface area contributed by atoms with Crippen molar-refractivity contribution in [1.82, 2.24) is 5.32 Å². The summed E-state index contributed by atoms with van der Waals surface area (Å²) in [6, 6.07) is 11.7. The van der Waals surface area contributed by atoms with E-state index in [-0.39, 0.29) is 23.9 Å². The second kappa shape index (κ2) is 9.42. The number of carbonyl (C=O) groups excluding carboxylic acids is 2.